The minimum absolute atomic E-state index is 0.750. The van der Waals surface area contributed by atoms with E-state index in [-0.39, 0.29) is 0 Å². The van der Waals surface area contributed by atoms with Gasteiger partial charge in [0, 0.05) is 44.0 Å². The van der Waals surface area contributed by atoms with E-state index in [0.717, 1.165) is 34.5 Å². The first kappa shape index (κ1) is 33.7. The van der Waals surface area contributed by atoms with Crippen LogP contribution in [-0.4, -0.2) is 9.13 Å². The zero-order valence-electron chi connectivity index (χ0n) is 31.9. The Morgan fingerprint density at radius 3 is 1.71 bits per heavy atom. The quantitative estimate of drug-likeness (QED) is 0.128. The third kappa shape index (κ3) is 5.51. The highest BCUT2D eigenvalue weighted by Gasteiger charge is 2.20. The molecule has 0 bridgehead atoms. The van der Waals surface area contributed by atoms with Gasteiger partial charge in [-0.05, 0) is 93.4 Å². The predicted octanol–water partition coefficient (Wildman–Crippen LogP) is 13.8. The van der Waals surface area contributed by atoms with Crippen LogP contribution in [0.1, 0.15) is 16.7 Å². The van der Waals surface area contributed by atoms with Crippen molar-refractivity contribution in [3.63, 3.8) is 0 Å². The summed E-state index contributed by atoms with van der Waals surface area (Å²) in [5.41, 5.74) is 19.0. The van der Waals surface area contributed by atoms with E-state index in [2.05, 4.69) is 203 Å². The molecule has 0 atom stereocenters. The standard InChI is InChI=1S/C55H39N3/c56-49(39-16-6-2-7-17-39)36-41(38-14-4-1-5-15-38)27-24-37-25-30-43(31-26-37)58-50-22-12-10-20-44(50)46-34-33-45-47(55(46)58)32-28-40-29-35-52-54(53(40)45)48-21-11-13-23-51(48)57(52)42-18-8-3-9-19-42/h1-23,25-36H,24,56H2/b41-27+,49-36-. The second kappa shape index (κ2) is 13.8. The van der Waals surface area contributed by atoms with Gasteiger partial charge in [0.15, 0.2) is 0 Å². The third-order valence-corrected chi connectivity index (χ3v) is 11.7. The fourth-order valence-electron chi connectivity index (χ4n) is 9.05. The zero-order chi connectivity index (χ0) is 38.6. The Bertz CT molecular complexity index is 3390. The normalized spacial score (nSPS) is 12.5. The summed E-state index contributed by atoms with van der Waals surface area (Å²) in [7, 11) is 0. The maximum Gasteiger partial charge on any atom is 0.0619 e. The second-order valence-corrected chi connectivity index (χ2v) is 15.1. The lowest BCUT2D eigenvalue weighted by Crippen LogP contribution is -1.97. The number of rotatable bonds is 7. The Hall–Kier alpha value is -7.62. The van der Waals surface area contributed by atoms with Crippen molar-refractivity contribution in [3.05, 3.63) is 229 Å². The number of hydrogen-bond donors (Lipinski definition) is 1. The summed E-state index contributed by atoms with van der Waals surface area (Å²) in [5.74, 6) is 0. The van der Waals surface area contributed by atoms with Gasteiger partial charge in [-0.25, -0.2) is 0 Å². The van der Waals surface area contributed by atoms with Crippen molar-refractivity contribution in [2.24, 2.45) is 5.73 Å². The summed E-state index contributed by atoms with van der Waals surface area (Å²) in [6.45, 7) is 0. The van der Waals surface area contributed by atoms with E-state index >= 15 is 0 Å². The van der Waals surface area contributed by atoms with Crippen molar-refractivity contribution in [1.29, 1.82) is 0 Å². The molecule has 11 rings (SSSR count). The van der Waals surface area contributed by atoms with E-state index in [4.69, 9.17) is 5.73 Å². The van der Waals surface area contributed by atoms with Crippen LogP contribution in [0.5, 0.6) is 0 Å². The fourth-order valence-corrected chi connectivity index (χ4v) is 9.05. The van der Waals surface area contributed by atoms with Gasteiger partial charge < -0.3 is 14.9 Å². The molecule has 3 nitrogen and oxygen atoms in total. The molecule has 0 saturated carbocycles. The van der Waals surface area contributed by atoms with E-state index in [0.29, 0.717) is 0 Å². The van der Waals surface area contributed by atoms with Crippen LogP contribution in [0.25, 0.3) is 87.8 Å². The number of aromatic nitrogens is 2. The molecular formula is C55H39N3. The molecule has 0 radical (unpaired) electrons. The summed E-state index contributed by atoms with van der Waals surface area (Å²) < 4.78 is 4.87. The van der Waals surface area contributed by atoms with E-state index in [1.54, 1.807) is 0 Å². The molecule has 0 spiro atoms. The van der Waals surface area contributed by atoms with Gasteiger partial charge in [0.05, 0.1) is 22.1 Å². The molecule has 9 aromatic carbocycles. The molecule has 0 unspecified atom stereocenters. The molecule has 0 amide bonds. The number of nitrogens with two attached hydrogens (primary N) is 1. The Morgan fingerprint density at radius 2 is 0.966 bits per heavy atom. The van der Waals surface area contributed by atoms with Gasteiger partial charge in [-0.2, -0.15) is 0 Å². The Balaban J connectivity index is 1.07. The number of hydrogen-bond acceptors (Lipinski definition) is 1. The molecule has 0 aliphatic carbocycles. The van der Waals surface area contributed by atoms with Crippen molar-refractivity contribution in [3.8, 4) is 11.4 Å². The largest absolute Gasteiger partial charge is 0.398 e. The van der Waals surface area contributed by atoms with Gasteiger partial charge in [-0.3, -0.25) is 0 Å². The molecule has 0 aliphatic rings. The van der Waals surface area contributed by atoms with Crippen molar-refractivity contribution in [2.75, 3.05) is 0 Å². The van der Waals surface area contributed by atoms with Crippen molar-refractivity contribution >= 4 is 76.4 Å². The average Bonchev–Trinajstić information content (AvgIpc) is 3.82. The highest BCUT2D eigenvalue weighted by atomic mass is 15.0. The molecule has 11 aromatic rings. The van der Waals surface area contributed by atoms with Gasteiger partial charge in [0.25, 0.3) is 0 Å². The number of benzene rings is 9. The van der Waals surface area contributed by atoms with Crippen molar-refractivity contribution in [2.45, 2.75) is 6.42 Å². The van der Waals surface area contributed by atoms with E-state index < -0.39 is 0 Å². The summed E-state index contributed by atoms with van der Waals surface area (Å²) >= 11 is 0. The van der Waals surface area contributed by atoms with Gasteiger partial charge in [-0.15, -0.1) is 0 Å². The molecular weight excluding hydrogens is 703 g/mol. The van der Waals surface area contributed by atoms with Crippen LogP contribution < -0.4 is 5.73 Å². The molecule has 0 fully saturated rings. The molecule has 2 N–H and O–H groups in total. The van der Waals surface area contributed by atoms with E-state index in [1.165, 1.54) is 76.4 Å². The zero-order valence-corrected chi connectivity index (χ0v) is 31.9. The van der Waals surface area contributed by atoms with Crippen LogP contribution in [0.15, 0.2) is 212 Å². The first-order valence-corrected chi connectivity index (χ1v) is 19.9. The Labute approximate surface area is 336 Å². The number of nitrogens with zero attached hydrogens (tertiary/aromatic N) is 2. The lowest BCUT2D eigenvalue weighted by atomic mass is 9.96. The smallest absolute Gasteiger partial charge is 0.0619 e. The summed E-state index contributed by atoms with van der Waals surface area (Å²) in [6.07, 6.45) is 5.16. The highest BCUT2D eigenvalue weighted by molar-refractivity contribution is 6.31. The van der Waals surface area contributed by atoms with Gasteiger partial charge in [0.1, 0.15) is 0 Å². The monoisotopic (exact) mass is 741 g/mol. The highest BCUT2D eigenvalue weighted by Crippen LogP contribution is 2.43. The number of fused-ring (bicyclic) bond motifs is 11. The minimum Gasteiger partial charge on any atom is -0.398 e. The van der Waals surface area contributed by atoms with Crippen LogP contribution in [-0.2, 0) is 6.42 Å². The topological polar surface area (TPSA) is 35.9 Å². The maximum atomic E-state index is 6.63. The summed E-state index contributed by atoms with van der Waals surface area (Å²) in [6, 6.07) is 72.0. The first-order chi connectivity index (χ1) is 28.7. The van der Waals surface area contributed by atoms with Crippen LogP contribution in [0.3, 0.4) is 0 Å². The van der Waals surface area contributed by atoms with Gasteiger partial charge in [-0.1, -0.05) is 164 Å². The van der Waals surface area contributed by atoms with E-state index in [9.17, 15) is 0 Å². The molecule has 2 aromatic heterocycles. The SMILES string of the molecule is N/C(=C\C(=C/Cc1ccc(-n2c3ccccc3c3ccc4c(ccc5ccc6c(c7ccccc7n6-c6ccccc6)c54)c32)cc1)c1ccccc1)c1ccccc1. The lowest BCUT2D eigenvalue weighted by Gasteiger charge is -2.13. The van der Waals surface area contributed by atoms with Crippen LogP contribution in [0.4, 0.5) is 0 Å². The lowest BCUT2D eigenvalue weighted by molar-refractivity contribution is 1.17. The van der Waals surface area contributed by atoms with Gasteiger partial charge >= 0.3 is 0 Å². The molecule has 0 saturated heterocycles. The molecule has 0 aliphatic heterocycles. The Kier molecular flexibility index (Phi) is 8.04. The van der Waals surface area contributed by atoms with Crippen LogP contribution in [0.2, 0.25) is 0 Å². The molecule has 58 heavy (non-hydrogen) atoms. The predicted molar refractivity (Wildman–Crippen MR) is 247 cm³/mol. The second-order valence-electron chi connectivity index (χ2n) is 15.1. The molecule has 2 heterocycles. The summed E-state index contributed by atoms with van der Waals surface area (Å²) in [5, 5.41) is 10.1. The molecule has 3 heteroatoms. The fraction of sp³-hybridized carbons (Fsp3) is 0.0182. The van der Waals surface area contributed by atoms with Crippen molar-refractivity contribution < 1.29 is 0 Å². The number of allylic oxidation sites excluding steroid dienone is 3. The maximum absolute atomic E-state index is 6.63. The average molecular weight is 742 g/mol. The van der Waals surface area contributed by atoms with Crippen LogP contribution >= 0.6 is 0 Å². The van der Waals surface area contributed by atoms with Crippen molar-refractivity contribution in [1.82, 2.24) is 9.13 Å². The third-order valence-electron chi connectivity index (χ3n) is 11.7. The van der Waals surface area contributed by atoms with Crippen LogP contribution in [0, 0.1) is 0 Å². The van der Waals surface area contributed by atoms with Gasteiger partial charge in [0.2, 0.25) is 0 Å². The first-order valence-electron chi connectivity index (χ1n) is 19.9. The molecule has 274 valence electrons. The number of para-hydroxylation sites is 3. The Morgan fingerprint density at radius 1 is 0.414 bits per heavy atom. The van der Waals surface area contributed by atoms with E-state index in [1.807, 2.05) is 18.2 Å². The minimum atomic E-state index is 0.750. The summed E-state index contributed by atoms with van der Waals surface area (Å²) in [4.78, 5) is 0.